The minimum absolute atomic E-state index is 0.0175. The maximum absolute atomic E-state index is 12.5. The monoisotopic (exact) mass is 274 g/mol. The molecule has 1 N–H and O–H groups in total. The summed E-state index contributed by atoms with van der Waals surface area (Å²) in [5, 5.41) is 2.59. The molecule has 0 unspecified atom stereocenters. The van der Waals surface area contributed by atoms with Gasteiger partial charge in [0.05, 0.1) is 0 Å². The molecule has 0 bridgehead atoms. The molecule has 0 saturated heterocycles. The summed E-state index contributed by atoms with van der Waals surface area (Å²) in [6.45, 7) is 1.89. The van der Waals surface area contributed by atoms with Crippen molar-refractivity contribution in [3.63, 3.8) is 0 Å². The fraction of sp³-hybridized carbons (Fsp3) is 0.500. The number of aryl methyl sites for hydroxylation is 2. The van der Waals surface area contributed by atoms with Gasteiger partial charge in [-0.25, -0.2) is 0 Å². The third kappa shape index (κ3) is 3.00. The molecule has 4 heteroatoms. The Hall–Kier alpha value is -1.84. The van der Waals surface area contributed by atoms with Crippen LogP contribution in [0.15, 0.2) is 18.2 Å². The molecule has 0 radical (unpaired) electrons. The van der Waals surface area contributed by atoms with E-state index in [0.29, 0.717) is 6.42 Å². The predicted octanol–water partition coefficient (Wildman–Crippen LogP) is 1.77. The standard InChI is InChI=1S/C16H22N2O2/c1-11(9-15(19)17-2)18(3)16(20)14-8-7-12-5-4-6-13(12)10-14/h7-8,10-11H,4-6,9H2,1-3H3,(H,17,19)/t11-/m0/s1. The Bertz CT molecular complexity index is 525. The Labute approximate surface area is 120 Å². The number of nitrogens with zero attached hydrogens (tertiary/aromatic N) is 1. The van der Waals surface area contributed by atoms with Gasteiger partial charge in [0.15, 0.2) is 0 Å². The Balaban J connectivity index is 2.08. The summed E-state index contributed by atoms with van der Waals surface area (Å²) >= 11 is 0. The van der Waals surface area contributed by atoms with Gasteiger partial charge in [-0.1, -0.05) is 6.07 Å². The maximum atomic E-state index is 12.5. The van der Waals surface area contributed by atoms with Crippen molar-refractivity contribution in [2.45, 2.75) is 38.6 Å². The topological polar surface area (TPSA) is 49.4 Å². The highest BCUT2D eigenvalue weighted by molar-refractivity contribution is 5.95. The molecule has 20 heavy (non-hydrogen) atoms. The fourth-order valence-corrected chi connectivity index (χ4v) is 2.62. The molecule has 0 aromatic heterocycles. The van der Waals surface area contributed by atoms with E-state index in [4.69, 9.17) is 0 Å². The van der Waals surface area contributed by atoms with Gasteiger partial charge >= 0.3 is 0 Å². The molecule has 1 aliphatic rings. The molecule has 0 saturated carbocycles. The van der Waals surface area contributed by atoms with Crippen molar-refractivity contribution in [1.82, 2.24) is 10.2 Å². The number of benzene rings is 1. The molecule has 1 atom stereocenters. The van der Waals surface area contributed by atoms with Crippen LogP contribution in [0.3, 0.4) is 0 Å². The summed E-state index contributed by atoms with van der Waals surface area (Å²) in [6.07, 6.45) is 3.68. The number of nitrogens with one attached hydrogen (secondary N) is 1. The highest BCUT2D eigenvalue weighted by Crippen LogP contribution is 2.23. The average molecular weight is 274 g/mol. The van der Waals surface area contributed by atoms with Crippen molar-refractivity contribution in [2.24, 2.45) is 0 Å². The second kappa shape index (κ2) is 6.07. The highest BCUT2D eigenvalue weighted by Gasteiger charge is 2.21. The van der Waals surface area contributed by atoms with Gasteiger partial charge in [-0.05, 0) is 49.4 Å². The van der Waals surface area contributed by atoms with Crippen LogP contribution in [0.1, 0.15) is 41.3 Å². The van der Waals surface area contributed by atoms with E-state index >= 15 is 0 Å². The van der Waals surface area contributed by atoms with Crippen LogP contribution >= 0.6 is 0 Å². The number of fused-ring (bicyclic) bond motifs is 1. The minimum atomic E-state index is -0.115. The normalized spacial score (nSPS) is 14.6. The first kappa shape index (κ1) is 14.6. The van der Waals surface area contributed by atoms with Crippen molar-refractivity contribution in [2.75, 3.05) is 14.1 Å². The third-order valence-corrected chi connectivity index (χ3v) is 4.09. The van der Waals surface area contributed by atoms with Gasteiger partial charge in [-0.2, -0.15) is 0 Å². The van der Waals surface area contributed by atoms with Gasteiger partial charge in [0.2, 0.25) is 5.91 Å². The molecule has 1 aliphatic carbocycles. The molecular weight excluding hydrogens is 252 g/mol. The Morgan fingerprint density at radius 3 is 2.70 bits per heavy atom. The molecule has 0 aliphatic heterocycles. The van der Waals surface area contributed by atoms with E-state index in [2.05, 4.69) is 11.4 Å². The van der Waals surface area contributed by atoms with Crippen LogP contribution in [0.2, 0.25) is 0 Å². The summed E-state index contributed by atoms with van der Waals surface area (Å²) in [5.74, 6) is -0.0674. The zero-order chi connectivity index (χ0) is 14.7. The van der Waals surface area contributed by atoms with Gasteiger partial charge < -0.3 is 10.2 Å². The fourth-order valence-electron chi connectivity index (χ4n) is 2.62. The molecule has 0 spiro atoms. The van der Waals surface area contributed by atoms with Crippen LogP contribution in [-0.4, -0.2) is 36.9 Å². The van der Waals surface area contributed by atoms with Gasteiger partial charge in [0, 0.05) is 32.1 Å². The largest absolute Gasteiger partial charge is 0.359 e. The van der Waals surface area contributed by atoms with Crippen molar-refractivity contribution in [3.05, 3.63) is 34.9 Å². The number of hydrogen-bond donors (Lipinski definition) is 1. The molecule has 4 nitrogen and oxygen atoms in total. The third-order valence-electron chi connectivity index (χ3n) is 4.09. The first-order valence-electron chi connectivity index (χ1n) is 7.12. The molecule has 0 fully saturated rings. The van der Waals surface area contributed by atoms with Crippen LogP contribution < -0.4 is 5.32 Å². The van der Waals surface area contributed by atoms with E-state index in [-0.39, 0.29) is 17.9 Å². The van der Waals surface area contributed by atoms with Crippen LogP contribution in [-0.2, 0) is 17.6 Å². The SMILES string of the molecule is CNC(=O)C[C@H](C)N(C)C(=O)c1ccc2c(c1)CCC2. The molecular formula is C16H22N2O2. The van der Waals surface area contributed by atoms with Gasteiger partial charge in [0.1, 0.15) is 0 Å². The lowest BCUT2D eigenvalue weighted by atomic mass is 10.0. The second-order valence-electron chi connectivity index (χ2n) is 5.48. The lowest BCUT2D eigenvalue weighted by Gasteiger charge is -2.24. The van der Waals surface area contributed by atoms with Gasteiger partial charge in [-0.3, -0.25) is 9.59 Å². The molecule has 1 aromatic carbocycles. The summed E-state index contributed by atoms with van der Waals surface area (Å²) in [5.41, 5.74) is 3.38. The van der Waals surface area contributed by atoms with Crippen LogP contribution in [0.25, 0.3) is 0 Å². The van der Waals surface area contributed by atoms with Crippen molar-refractivity contribution in [1.29, 1.82) is 0 Å². The van der Waals surface area contributed by atoms with E-state index in [9.17, 15) is 9.59 Å². The van der Waals surface area contributed by atoms with E-state index < -0.39 is 0 Å². The second-order valence-corrected chi connectivity index (χ2v) is 5.48. The molecule has 0 heterocycles. The summed E-state index contributed by atoms with van der Waals surface area (Å²) in [7, 11) is 3.36. The number of rotatable bonds is 4. The van der Waals surface area contributed by atoms with Crippen LogP contribution in [0.4, 0.5) is 0 Å². The van der Waals surface area contributed by atoms with Crippen molar-refractivity contribution < 1.29 is 9.59 Å². The summed E-state index contributed by atoms with van der Waals surface area (Å²) in [4.78, 5) is 25.5. The highest BCUT2D eigenvalue weighted by atomic mass is 16.2. The minimum Gasteiger partial charge on any atom is -0.359 e. The Morgan fingerprint density at radius 1 is 1.30 bits per heavy atom. The van der Waals surface area contributed by atoms with E-state index in [1.165, 1.54) is 17.5 Å². The summed E-state index contributed by atoms with van der Waals surface area (Å²) in [6, 6.07) is 5.85. The zero-order valence-corrected chi connectivity index (χ0v) is 12.4. The van der Waals surface area contributed by atoms with Crippen LogP contribution in [0.5, 0.6) is 0 Å². The lowest BCUT2D eigenvalue weighted by Crippen LogP contribution is -2.38. The lowest BCUT2D eigenvalue weighted by molar-refractivity contribution is -0.121. The van der Waals surface area contributed by atoms with Crippen LogP contribution in [0, 0.1) is 0 Å². The number of carbonyl (C=O) groups is 2. The van der Waals surface area contributed by atoms with E-state index in [1.807, 2.05) is 19.1 Å². The number of carbonyl (C=O) groups excluding carboxylic acids is 2. The molecule has 108 valence electrons. The zero-order valence-electron chi connectivity index (χ0n) is 12.4. The number of amides is 2. The smallest absolute Gasteiger partial charge is 0.253 e. The molecule has 2 amide bonds. The first-order valence-corrected chi connectivity index (χ1v) is 7.12. The average Bonchev–Trinajstić information content (AvgIpc) is 2.92. The van der Waals surface area contributed by atoms with Gasteiger partial charge in [0.25, 0.3) is 5.91 Å². The Morgan fingerprint density at radius 2 is 2.00 bits per heavy atom. The first-order chi connectivity index (χ1) is 9.52. The maximum Gasteiger partial charge on any atom is 0.253 e. The van der Waals surface area contributed by atoms with Crippen molar-refractivity contribution >= 4 is 11.8 Å². The van der Waals surface area contributed by atoms with E-state index in [0.717, 1.165) is 18.4 Å². The predicted molar refractivity (Wildman–Crippen MR) is 78.7 cm³/mol. The Kier molecular flexibility index (Phi) is 4.42. The number of hydrogen-bond acceptors (Lipinski definition) is 2. The summed E-state index contributed by atoms with van der Waals surface area (Å²) < 4.78 is 0. The van der Waals surface area contributed by atoms with Crippen molar-refractivity contribution in [3.8, 4) is 0 Å². The van der Waals surface area contributed by atoms with Gasteiger partial charge in [-0.15, -0.1) is 0 Å². The quantitative estimate of drug-likeness (QED) is 0.909. The molecule has 2 rings (SSSR count). The van der Waals surface area contributed by atoms with E-state index in [1.54, 1.807) is 19.0 Å². The molecule has 1 aromatic rings.